The molecule has 3 heteroatoms. The number of hydrogen-bond acceptors (Lipinski definition) is 3. The predicted octanol–water partition coefficient (Wildman–Crippen LogP) is 1.44. The first-order chi connectivity index (χ1) is 7.83. The zero-order valence-electron chi connectivity index (χ0n) is 9.65. The van der Waals surface area contributed by atoms with Gasteiger partial charge in [0.1, 0.15) is 0 Å². The van der Waals surface area contributed by atoms with Crippen molar-refractivity contribution in [3.05, 3.63) is 35.4 Å². The van der Waals surface area contributed by atoms with Crippen LogP contribution in [0, 0.1) is 0 Å². The third-order valence-electron chi connectivity index (χ3n) is 3.12. The van der Waals surface area contributed by atoms with E-state index in [-0.39, 0.29) is 0 Å². The summed E-state index contributed by atoms with van der Waals surface area (Å²) >= 11 is 0. The Bertz CT molecular complexity index is 334. The summed E-state index contributed by atoms with van der Waals surface area (Å²) in [5, 5.41) is 13.1. The van der Waals surface area contributed by atoms with E-state index in [1.807, 2.05) is 25.2 Å². The van der Waals surface area contributed by atoms with Crippen LogP contribution in [0.1, 0.15) is 29.6 Å². The van der Waals surface area contributed by atoms with Crippen LogP contribution in [-0.2, 0) is 4.74 Å². The van der Waals surface area contributed by atoms with Crippen LogP contribution < -0.4 is 5.32 Å². The van der Waals surface area contributed by atoms with E-state index in [1.165, 1.54) is 5.56 Å². The van der Waals surface area contributed by atoms with Gasteiger partial charge in [0.05, 0.1) is 12.7 Å². The van der Waals surface area contributed by atoms with E-state index < -0.39 is 6.10 Å². The lowest BCUT2D eigenvalue weighted by atomic mass is 9.91. The molecule has 1 saturated heterocycles. The summed E-state index contributed by atoms with van der Waals surface area (Å²) in [6, 6.07) is 8.12. The Morgan fingerprint density at radius 2 is 2.31 bits per heavy atom. The molecular formula is C13H19NO2. The summed E-state index contributed by atoms with van der Waals surface area (Å²) in [5.74, 6) is 0.447. The van der Waals surface area contributed by atoms with E-state index in [9.17, 15) is 5.11 Å². The zero-order chi connectivity index (χ0) is 11.4. The third kappa shape index (κ3) is 2.43. The number of benzene rings is 1. The van der Waals surface area contributed by atoms with Crippen LogP contribution in [0.4, 0.5) is 0 Å². The quantitative estimate of drug-likeness (QED) is 0.808. The average Bonchev–Trinajstić information content (AvgIpc) is 2.83. The number of rotatable bonds is 4. The summed E-state index contributed by atoms with van der Waals surface area (Å²) in [7, 11) is 1.85. The summed E-state index contributed by atoms with van der Waals surface area (Å²) in [5.41, 5.74) is 2.27. The van der Waals surface area contributed by atoms with Crippen LogP contribution in [0.15, 0.2) is 24.3 Å². The first-order valence-electron chi connectivity index (χ1n) is 5.82. The lowest BCUT2D eigenvalue weighted by Gasteiger charge is -2.18. The fourth-order valence-corrected chi connectivity index (χ4v) is 2.27. The first-order valence-corrected chi connectivity index (χ1v) is 5.82. The van der Waals surface area contributed by atoms with Gasteiger partial charge in [0.25, 0.3) is 0 Å². The molecule has 2 unspecified atom stereocenters. The number of aliphatic hydroxyl groups excluding tert-OH is 1. The van der Waals surface area contributed by atoms with Gasteiger partial charge < -0.3 is 15.2 Å². The SMILES string of the molecule is CNCC(O)c1ccccc1C1CCOC1. The predicted molar refractivity (Wildman–Crippen MR) is 63.5 cm³/mol. The molecule has 2 rings (SSSR count). The molecule has 0 amide bonds. The normalized spacial score (nSPS) is 22.2. The van der Waals surface area contributed by atoms with E-state index in [2.05, 4.69) is 11.4 Å². The maximum Gasteiger partial charge on any atom is 0.0917 e. The molecule has 1 aromatic carbocycles. The van der Waals surface area contributed by atoms with Gasteiger partial charge in [-0.3, -0.25) is 0 Å². The minimum atomic E-state index is -0.429. The largest absolute Gasteiger partial charge is 0.387 e. The molecule has 0 radical (unpaired) electrons. The Kier molecular flexibility index (Phi) is 3.93. The van der Waals surface area contributed by atoms with E-state index in [0.717, 1.165) is 25.2 Å². The van der Waals surface area contributed by atoms with Crippen molar-refractivity contribution in [1.82, 2.24) is 5.32 Å². The summed E-state index contributed by atoms with van der Waals surface area (Å²) in [6.07, 6.45) is 0.630. The topological polar surface area (TPSA) is 41.5 Å². The molecule has 0 saturated carbocycles. The van der Waals surface area contributed by atoms with Crippen LogP contribution in [0.3, 0.4) is 0 Å². The van der Waals surface area contributed by atoms with Crippen molar-refractivity contribution in [2.75, 3.05) is 26.8 Å². The van der Waals surface area contributed by atoms with Gasteiger partial charge in [-0.2, -0.15) is 0 Å². The number of nitrogens with one attached hydrogen (secondary N) is 1. The smallest absolute Gasteiger partial charge is 0.0917 e. The molecule has 2 atom stereocenters. The molecule has 0 spiro atoms. The second-order valence-electron chi connectivity index (χ2n) is 4.26. The molecule has 0 aromatic heterocycles. The van der Waals surface area contributed by atoms with Crippen LogP contribution in [0.25, 0.3) is 0 Å². The molecule has 1 fully saturated rings. The number of hydrogen-bond donors (Lipinski definition) is 2. The van der Waals surface area contributed by atoms with Gasteiger partial charge in [-0.1, -0.05) is 24.3 Å². The van der Waals surface area contributed by atoms with Gasteiger partial charge in [0, 0.05) is 19.1 Å². The van der Waals surface area contributed by atoms with Crippen LogP contribution in [0.2, 0.25) is 0 Å². The van der Waals surface area contributed by atoms with Gasteiger partial charge in [-0.05, 0) is 24.6 Å². The van der Waals surface area contributed by atoms with Crippen molar-refractivity contribution >= 4 is 0 Å². The molecule has 0 bridgehead atoms. The van der Waals surface area contributed by atoms with E-state index in [0.29, 0.717) is 12.5 Å². The van der Waals surface area contributed by atoms with Gasteiger partial charge >= 0.3 is 0 Å². The minimum Gasteiger partial charge on any atom is -0.387 e. The average molecular weight is 221 g/mol. The fourth-order valence-electron chi connectivity index (χ4n) is 2.27. The number of aliphatic hydroxyl groups is 1. The van der Waals surface area contributed by atoms with Crippen molar-refractivity contribution in [2.24, 2.45) is 0 Å². The van der Waals surface area contributed by atoms with E-state index >= 15 is 0 Å². The van der Waals surface area contributed by atoms with Crippen molar-refractivity contribution in [3.63, 3.8) is 0 Å². The van der Waals surface area contributed by atoms with Crippen molar-refractivity contribution < 1.29 is 9.84 Å². The van der Waals surface area contributed by atoms with Crippen molar-refractivity contribution in [3.8, 4) is 0 Å². The second kappa shape index (κ2) is 5.43. The highest BCUT2D eigenvalue weighted by atomic mass is 16.5. The Labute approximate surface area is 96.4 Å². The maximum absolute atomic E-state index is 10.1. The van der Waals surface area contributed by atoms with Gasteiger partial charge in [-0.25, -0.2) is 0 Å². The van der Waals surface area contributed by atoms with Crippen molar-refractivity contribution in [2.45, 2.75) is 18.4 Å². The summed E-state index contributed by atoms with van der Waals surface area (Å²) < 4.78 is 5.41. The van der Waals surface area contributed by atoms with Crippen LogP contribution in [0.5, 0.6) is 0 Å². The third-order valence-corrected chi connectivity index (χ3v) is 3.12. The molecular weight excluding hydrogens is 202 g/mol. The molecule has 1 aliphatic heterocycles. The highest BCUT2D eigenvalue weighted by Gasteiger charge is 2.22. The summed E-state index contributed by atoms with van der Waals surface area (Å²) in [6.45, 7) is 2.20. The molecule has 0 aliphatic carbocycles. The zero-order valence-corrected chi connectivity index (χ0v) is 9.65. The minimum absolute atomic E-state index is 0.429. The Morgan fingerprint density at radius 3 is 3.00 bits per heavy atom. The number of ether oxygens (including phenoxy) is 1. The molecule has 1 aliphatic rings. The molecule has 1 heterocycles. The second-order valence-corrected chi connectivity index (χ2v) is 4.26. The Hall–Kier alpha value is -0.900. The van der Waals surface area contributed by atoms with E-state index in [4.69, 9.17) is 4.74 Å². The fraction of sp³-hybridized carbons (Fsp3) is 0.538. The molecule has 1 aromatic rings. The number of likely N-dealkylation sites (N-methyl/N-ethyl adjacent to an activating group) is 1. The highest BCUT2D eigenvalue weighted by Crippen LogP contribution is 2.30. The van der Waals surface area contributed by atoms with Crippen LogP contribution >= 0.6 is 0 Å². The molecule has 3 nitrogen and oxygen atoms in total. The van der Waals surface area contributed by atoms with E-state index in [1.54, 1.807) is 0 Å². The lowest BCUT2D eigenvalue weighted by molar-refractivity contribution is 0.174. The standard InChI is InChI=1S/C13H19NO2/c1-14-8-13(15)12-5-3-2-4-11(12)10-6-7-16-9-10/h2-5,10,13-15H,6-9H2,1H3. The van der Waals surface area contributed by atoms with Gasteiger partial charge in [-0.15, -0.1) is 0 Å². The monoisotopic (exact) mass is 221 g/mol. The van der Waals surface area contributed by atoms with Crippen molar-refractivity contribution in [1.29, 1.82) is 0 Å². The first kappa shape index (κ1) is 11.6. The summed E-state index contributed by atoms with van der Waals surface area (Å²) in [4.78, 5) is 0. The van der Waals surface area contributed by atoms with Gasteiger partial charge in [0.2, 0.25) is 0 Å². The highest BCUT2D eigenvalue weighted by molar-refractivity contribution is 5.33. The Balaban J connectivity index is 2.22. The molecule has 88 valence electrons. The lowest BCUT2D eigenvalue weighted by Crippen LogP contribution is -2.18. The Morgan fingerprint density at radius 1 is 1.50 bits per heavy atom. The molecule has 2 N–H and O–H groups in total. The molecule has 16 heavy (non-hydrogen) atoms. The van der Waals surface area contributed by atoms with Gasteiger partial charge in [0.15, 0.2) is 0 Å². The van der Waals surface area contributed by atoms with Crippen LogP contribution in [-0.4, -0.2) is 31.9 Å². The maximum atomic E-state index is 10.1.